The lowest BCUT2D eigenvalue weighted by Gasteiger charge is -2.33. The minimum atomic E-state index is -0.0459. The van der Waals surface area contributed by atoms with Gasteiger partial charge in [-0.2, -0.15) is 5.10 Å². The largest absolute Gasteiger partial charge is 0.396 e. The van der Waals surface area contributed by atoms with Gasteiger partial charge in [0.05, 0.1) is 5.69 Å². The third kappa shape index (κ3) is 2.48. The maximum absolute atomic E-state index is 12.3. The van der Waals surface area contributed by atoms with Crippen LogP contribution in [-0.2, 0) is 6.54 Å². The van der Waals surface area contributed by atoms with Crippen molar-refractivity contribution in [3.8, 4) is 0 Å². The number of aromatic nitrogens is 2. The number of rotatable bonds is 3. The fraction of sp³-hybridized carbons (Fsp3) is 0.667. The highest BCUT2D eigenvalue weighted by Crippen LogP contribution is 2.13. The van der Waals surface area contributed by atoms with Gasteiger partial charge in [0.25, 0.3) is 5.91 Å². The topological polar surface area (TPSA) is 67.4 Å². The minimum absolute atomic E-state index is 0.0459. The Morgan fingerprint density at radius 2 is 1.94 bits per heavy atom. The molecule has 0 bridgehead atoms. The van der Waals surface area contributed by atoms with Gasteiger partial charge in [-0.1, -0.05) is 6.92 Å². The number of anilines is 1. The van der Waals surface area contributed by atoms with Gasteiger partial charge >= 0.3 is 0 Å². The Balaban J connectivity index is 2.05. The molecule has 1 aliphatic heterocycles. The quantitative estimate of drug-likeness (QED) is 0.837. The van der Waals surface area contributed by atoms with Crippen LogP contribution in [0.25, 0.3) is 0 Å². The molecule has 2 rings (SSSR count). The van der Waals surface area contributed by atoms with Crippen molar-refractivity contribution >= 4 is 11.6 Å². The van der Waals surface area contributed by atoms with Gasteiger partial charge in [0.15, 0.2) is 5.69 Å². The maximum atomic E-state index is 12.3. The zero-order chi connectivity index (χ0) is 13.1. The van der Waals surface area contributed by atoms with Crippen LogP contribution in [0.15, 0.2) is 6.20 Å². The first kappa shape index (κ1) is 12.9. The van der Waals surface area contributed by atoms with Gasteiger partial charge in [0.2, 0.25) is 0 Å². The molecular formula is C12H21N5O. The molecule has 1 amide bonds. The summed E-state index contributed by atoms with van der Waals surface area (Å²) in [6, 6.07) is 0. The molecule has 2 N–H and O–H groups in total. The molecule has 6 nitrogen and oxygen atoms in total. The van der Waals surface area contributed by atoms with Crippen molar-refractivity contribution in [2.75, 3.05) is 38.5 Å². The zero-order valence-electron chi connectivity index (χ0n) is 11.1. The summed E-state index contributed by atoms with van der Waals surface area (Å²) in [5, 5.41) is 4.23. The third-order valence-corrected chi connectivity index (χ3v) is 3.42. The van der Waals surface area contributed by atoms with Crippen molar-refractivity contribution in [2.24, 2.45) is 0 Å². The molecule has 2 heterocycles. The van der Waals surface area contributed by atoms with E-state index >= 15 is 0 Å². The van der Waals surface area contributed by atoms with Gasteiger partial charge in [-0.15, -0.1) is 0 Å². The van der Waals surface area contributed by atoms with Crippen molar-refractivity contribution in [2.45, 2.75) is 20.4 Å². The van der Waals surface area contributed by atoms with Crippen LogP contribution < -0.4 is 5.73 Å². The summed E-state index contributed by atoms with van der Waals surface area (Å²) in [6.07, 6.45) is 1.72. The first-order valence-corrected chi connectivity index (χ1v) is 6.50. The van der Waals surface area contributed by atoms with E-state index in [0.29, 0.717) is 11.4 Å². The van der Waals surface area contributed by atoms with E-state index in [4.69, 9.17) is 5.73 Å². The monoisotopic (exact) mass is 251 g/mol. The van der Waals surface area contributed by atoms with Crippen LogP contribution in [-0.4, -0.2) is 58.2 Å². The van der Waals surface area contributed by atoms with E-state index in [9.17, 15) is 4.79 Å². The van der Waals surface area contributed by atoms with E-state index in [0.717, 1.165) is 39.3 Å². The molecular weight excluding hydrogens is 230 g/mol. The van der Waals surface area contributed by atoms with Crippen LogP contribution in [0, 0.1) is 0 Å². The standard InChI is InChI=1S/C12H21N5O/c1-3-15-5-7-16(8-6-15)12(18)11-10(13)9-17(4-2)14-11/h9H,3-8,13H2,1-2H3. The van der Waals surface area contributed by atoms with E-state index in [1.54, 1.807) is 10.9 Å². The molecule has 1 saturated heterocycles. The maximum Gasteiger partial charge on any atom is 0.276 e. The number of nitrogens with zero attached hydrogens (tertiary/aromatic N) is 4. The Morgan fingerprint density at radius 1 is 1.28 bits per heavy atom. The summed E-state index contributed by atoms with van der Waals surface area (Å²) >= 11 is 0. The second kappa shape index (κ2) is 5.39. The highest BCUT2D eigenvalue weighted by Gasteiger charge is 2.24. The van der Waals surface area contributed by atoms with Crippen LogP contribution in [0.5, 0.6) is 0 Å². The second-order valence-electron chi connectivity index (χ2n) is 4.52. The number of piperazine rings is 1. The van der Waals surface area contributed by atoms with Crippen LogP contribution >= 0.6 is 0 Å². The lowest BCUT2D eigenvalue weighted by atomic mass is 10.2. The second-order valence-corrected chi connectivity index (χ2v) is 4.52. The van der Waals surface area contributed by atoms with Gasteiger partial charge in [-0.05, 0) is 13.5 Å². The number of carbonyl (C=O) groups is 1. The molecule has 100 valence electrons. The first-order chi connectivity index (χ1) is 8.65. The smallest absolute Gasteiger partial charge is 0.276 e. The number of hydrogen-bond acceptors (Lipinski definition) is 4. The van der Waals surface area contributed by atoms with Crippen molar-refractivity contribution in [1.82, 2.24) is 19.6 Å². The Morgan fingerprint density at radius 3 is 2.44 bits per heavy atom. The number of likely N-dealkylation sites (N-methyl/N-ethyl adjacent to an activating group) is 1. The van der Waals surface area contributed by atoms with Crippen molar-refractivity contribution in [3.63, 3.8) is 0 Å². The summed E-state index contributed by atoms with van der Waals surface area (Å²) < 4.78 is 1.70. The number of nitrogens with two attached hydrogens (primary N) is 1. The van der Waals surface area contributed by atoms with Gasteiger partial charge in [0.1, 0.15) is 0 Å². The fourth-order valence-electron chi connectivity index (χ4n) is 2.18. The predicted octanol–water partition coefficient (Wildman–Crippen LogP) is 0.263. The van der Waals surface area contributed by atoms with Gasteiger partial charge in [-0.3, -0.25) is 9.48 Å². The normalized spacial score (nSPS) is 17.1. The molecule has 6 heteroatoms. The zero-order valence-corrected chi connectivity index (χ0v) is 11.1. The summed E-state index contributed by atoms with van der Waals surface area (Å²) in [5.41, 5.74) is 6.70. The Labute approximate surface area is 107 Å². The van der Waals surface area contributed by atoms with E-state index in [-0.39, 0.29) is 5.91 Å². The number of nitrogen functional groups attached to an aromatic ring is 1. The van der Waals surface area contributed by atoms with Gasteiger partial charge < -0.3 is 15.5 Å². The van der Waals surface area contributed by atoms with Gasteiger partial charge in [0, 0.05) is 38.9 Å². The van der Waals surface area contributed by atoms with E-state index < -0.39 is 0 Å². The SMILES string of the molecule is CCN1CCN(C(=O)c2nn(CC)cc2N)CC1. The highest BCUT2D eigenvalue weighted by molar-refractivity contribution is 5.97. The third-order valence-electron chi connectivity index (χ3n) is 3.42. The number of carbonyl (C=O) groups excluding carboxylic acids is 1. The average molecular weight is 251 g/mol. The summed E-state index contributed by atoms with van der Waals surface area (Å²) in [4.78, 5) is 16.5. The molecule has 0 spiro atoms. The Bertz CT molecular complexity index is 420. The molecule has 0 unspecified atom stereocenters. The summed E-state index contributed by atoms with van der Waals surface area (Å²) in [6.45, 7) is 9.23. The summed E-state index contributed by atoms with van der Waals surface area (Å²) in [7, 11) is 0. The molecule has 0 saturated carbocycles. The van der Waals surface area contributed by atoms with Gasteiger partial charge in [-0.25, -0.2) is 0 Å². The molecule has 1 aliphatic rings. The Hall–Kier alpha value is -1.56. The molecule has 18 heavy (non-hydrogen) atoms. The highest BCUT2D eigenvalue weighted by atomic mass is 16.2. The van der Waals surface area contributed by atoms with Crippen LogP contribution in [0.1, 0.15) is 24.3 Å². The number of aryl methyl sites for hydroxylation is 1. The molecule has 1 aromatic rings. The van der Waals surface area contributed by atoms with Crippen LogP contribution in [0.3, 0.4) is 0 Å². The van der Waals surface area contributed by atoms with Crippen molar-refractivity contribution < 1.29 is 4.79 Å². The molecule has 1 fully saturated rings. The summed E-state index contributed by atoms with van der Waals surface area (Å²) in [5.74, 6) is -0.0459. The molecule has 1 aromatic heterocycles. The molecule has 0 aromatic carbocycles. The van der Waals surface area contributed by atoms with E-state index in [1.807, 2.05) is 11.8 Å². The lowest BCUT2D eigenvalue weighted by molar-refractivity contribution is 0.0637. The fourth-order valence-corrected chi connectivity index (χ4v) is 2.18. The lowest BCUT2D eigenvalue weighted by Crippen LogP contribution is -2.48. The minimum Gasteiger partial charge on any atom is -0.396 e. The number of amides is 1. The van der Waals surface area contributed by atoms with Crippen LogP contribution in [0.4, 0.5) is 5.69 Å². The molecule has 0 atom stereocenters. The molecule has 0 radical (unpaired) electrons. The number of hydrogen-bond donors (Lipinski definition) is 1. The average Bonchev–Trinajstić information content (AvgIpc) is 2.79. The Kier molecular flexibility index (Phi) is 3.86. The van der Waals surface area contributed by atoms with E-state index in [2.05, 4.69) is 16.9 Å². The molecule has 0 aliphatic carbocycles. The van der Waals surface area contributed by atoms with Crippen molar-refractivity contribution in [3.05, 3.63) is 11.9 Å². The van der Waals surface area contributed by atoms with Crippen molar-refractivity contribution in [1.29, 1.82) is 0 Å². The van der Waals surface area contributed by atoms with Crippen LogP contribution in [0.2, 0.25) is 0 Å². The predicted molar refractivity (Wildman–Crippen MR) is 70.3 cm³/mol. The first-order valence-electron chi connectivity index (χ1n) is 6.50. The van der Waals surface area contributed by atoms with E-state index in [1.165, 1.54) is 0 Å².